The van der Waals surface area contributed by atoms with E-state index >= 15 is 0 Å². The molecule has 0 aromatic heterocycles. The molecule has 0 radical (unpaired) electrons. The van der Waals surface area contributed by atoms with Gasteiger partial charge in [-0.2, -0.15) is 0 Å². The molecule has 4 nitrogen and oxygen atoms in total. The molecule has 0 bridgehead atoms. The summed E-state index contributed by atoms with van der Waals surface area (Å²) in [6, 6.07) is 25.4. The van der Waals surface area contributed by atoms with Gasteiger partial charge in [-0.3, -0.25) is 9.59 Å². The van der Waals surface area contributed by atoms with E-state index in [0.29, 0.717) is 6.42 Å². The van der Waals surface area contributed by atoms with Gasteiger partial charge in [0.15, 0.2) is 0 Å². The van der Waals surface area contributed by atoms with Crippen LogP contribution in [0.2, 0.25) is 0 Å². The van der Waals surface area contributed by atoms with E-state index in [4.69, 9.17) is 0 Å². The van der Waals surface area contributed by atoms with E-state index in [2.05, 4.69) is 10.6 Å². The maximum absolute atomic E-state index is 13.2. The lowest BCUT2D eigenvalue weighted by Crippen LogP contribution is -2.19. The Morgan fingerprint density at radius 3 is 2.41 bits per heavy atom. The normalized spacial score (nSPS) is 14.3. The molecule has 3 aromatic rings. The van der Waals surface area contributed by atoms with E-state index in [1.54, 1.807) is 0 Å². The van der Waals surface area contributed by atoms with Crippen LogP contribution in [0, 0.1) is 0 Å². The zero-order valence-electron chi connectivity index (χ0n) is 15.9. The molecule has 4 rings (SSSR count). The summed E-state index contributed by atoms with van der Waals surface area (Å²) in [6.45, 7) is 0. The second kappa shape index (κ2) is 8.97. The van der Waals surface area contributed by atoms with Gasteiger partial charge in [-0.25, -0.2) is 0 Å². The Labute approximate surface area is 174 Å². The van der Waals surface area contributed by atoms with Crippen LogP contribution >= 0.6 is 11.8 Å². The van der Waals surface area contributed by atoms with E-state index in [1.807, 2.05) is 78.9 Å². The highest BCUT2D eigenvalue weighted by atomic mass is 32.2. The van der Waals surface area contributed by atoms with E-state index in [0.717, 1.165) is 40.2 Å². The maximum atomic E-state index is 13.2. The van der Waals surface area contributed by atoms with Gasteiger partial charge >= 0.3 is 0 Å². The van der Waals surface area contributed by atoms with Gasteiger partial charge in [0.25, 0.3) is 0 Å². The molecule has 2 amide bonds. The van der Waals surface area contributed by atoms with Gasteiger partial charge in [0.05, 0.1) is 0 Å². The number of nitrogens with one attached hydrogen (secondary N) is 2. The predicted octanol–water partition coefficient (Wildman–Crippen LogP) is 5.43. The lowest BCUT2D eigenvalue weighted by molar-refractivity contribution is -0.116. The summed E-state index contributed by atoms with van der Waals surface area (Å²) < 4.78 is 0. The summed E-state index contributed by atoms with van der Waals surface area (Å²) >= 11 is 1.53. The lowest BCUT2D eigenvalue weighted by Gasteiger charge is -2.18. The Balaban J connectivity index is 1.57. The molecule has 0 saturated heterocycles. The van der Waals surface area contributed by atoms with Gasteiger partial charge in [-0.15, -0.1) is 11.8 Å². The van der Waals surface area contributed by atoms with E-state index < -0.39 is 0 Å². The van der Waals surface area contributed by atoms with Crippen molar-refractivity contribution < 1.29 is 9.59 Å². The van der Waals surface area contributed by atoms with Gasteiger partial charge in [0.2, 0.25) is 11.8 Å². The van der Waals surface area contributed by atoms with Crippen molar-refractivity contribution in [2.75, 3.05) is 10.6 Å². The predicted molar refractivity (Wildman–Crippen MR) is 118 cm³/mol. The number of thioether (sulfide) groups is 1. The molecule has 29 heavy (non-hydrogen) atoms. The van der Waals surface area contributed by atoms with Crippen molar-refractivity contribution in [2.45, 2.75) is 29.4 Å². The summed E-state index contributed by atoms with van der Waals surface area (Å²) in [4.78, 5) is 26.0. The molecule has 2 N–H and O–H groups in total. The van der Waals surface area contributed by atoms with Crippen LogP contribution in [0.5, 0.6) is 0 Å². The van der Waals surface area contributed by atoms with Crippen molar-refractivity contribution in [3.63, 3.8) is 0 Å². The van der Waals surface area contributed by atoms with Gasteiger partial charge in [-0.05, 0) is 54.3 Å². The summed E-state index contributed by atoms with van der Waals surface area (Å²) in [5, 5.41) is 5.63. The number of anilines is 2. The summed E-state index contributed by atoms with van der Waals surface area (Å²) in [5.41, 5.74) is 3.60. The molecule has 146 valence electrons. The van der Waals surface area contributed by atoms with Crippen molar-refractivity contribution in [1.29, 1.82) is 0 Å². The van der Waals surface area contributed by atoms with Crippen molar-refractivity contribution in [2.24, 2.45) is 0 Å². The van der Waals surface area contributed by atoms with Crippen molar-refractivity contribution >= 4 is 35.0 Å². The number of hydrogen-bond acceptors (Lipinski definition) is 3. The number of hydrogen-bond donors (Lipinski definition) is 2. The first-order chi connectivity index (χ1) is 14.2. The third kappa shape index (κ3) is 4.87. The topological polar surface area (TPSA) is 58.2 Å². The van der Waals surface area contributed by atoms with Crippen LogP contribution in [0.1, 0.15) is 29.2 Å². The molecule has 0 aliphatic carbocycles. The van der Waals surface area contributed by atoms with Crippen molar-refractivity contribution in [3.8, 4) is 0 Å². The van der Waals surface area contributed by atoms with E-state index in [-0.39, 0.29) is 17.1 Å². The molecule has 1 aliphatic heterocycles. The number of fused-ring (bicyclic) bond motifs is 1. The third-order valence-electron chi connectivity index (χ3n) is 4.83. The number of benzene rings is 3. The second-order valence-electron chi connectivity index (χ2n) is 6.98. The molecule has 1 unspecified atom stereocenters. The summed E-state index contributed by atoms with van der Waals surface area (Å²) in [6.07, 6.45) is 2.16. The van der Waals surface area contributed by atoms with Gasteiger partial charge in [0.1, 0.15) is 5.25 Å². The summed E-state index contributed by atoms with van der Waals surface area (Å²) in [7, 11) is 0. The third-order valence-corrected chi connectivity index (χ3v) is 6.10. The molecular weight excluding hydrogens is 380 g/mol. The molecular formula is C24H22N2O2S. The Kier molecular flexibility index (Phi) is 5.96. The Morgan fingerprint density at radius 1 is 0.931 bits per heavy atom. The Morgan fingerprint density at radius 2 is 1.66 bits per heavy atom. The van der Waals surface area contributed by atoms with Crippen LogP contribution < -0.4 is 10.6 Å². The zero-order valence-corrected chi connectivity index (χ0v) is 16.7. The highest BCUT2D eigenvalue weighted by molar-refractivity contribution is 8.00. The first-order valence-corrected chi connectivity index (χ1v) is 10.6. The lowest BCUT2D eigenvalue weighted by atomic mass is 10.1. The van der Waals surface area contributed by atoms with E-state index in [1.165, 1.54) is 11.8 Å². The Hall–Kier alpha value is -3.05. The fraction of sp³-hybridized carbons (Fsp3) is 0.167. The highest BCUT2D eigenvalue weighted by Gasteiger charge is 2.22. The number of aryl methyl sites for hydroxylation is 1. The first kappa shape index (κ1) is 19.3. The number of carbonyl (C=O) groups excluding carboxylic acids is 2. The SMILES string of the molecule is O=C1CCCc2cc(NC(=O)C(Sc3ccccc3)c3ccccc3)ccc2N1. The molecule has 1 atom stereocenters. The fourth-order valence-corrected chi connectivity index (χ4v) is 4.44. The van der Waals surface area contributed by atoms with Crippen molar-refractivity contribution in [1.82, 2.24) is 0 Å². The molecule has 0 saturated carbocycles. The minimum atomic E-state index is -0.364. The average Bonchev–Trinajstić information content (AvgIpc) is 2.93. The van der Waals surface area contributed by atoms with Crippen LogP contribution in [0.4, 0.5) is 11.4 Å². The molecule has 1 aliphatic rings. The van der Waals surface area contributed by atoms with Gasteiger partial charge < -0.3 is 10.6 Å². The largest absolute Gasteiger partial charge is 0.326 e. The van der Waals surface area contributed by atoms with Crippen LogP contribution in [0.15, 0.2) is 83.8 Å². The smallest absolute Gasteiger partial charge is 0.242 e. The van der Waals surface area contributed by atoms with Crippen LogP contribution in [0.25, 0.3) is 0 Å². The van der Waals surface area contributed by atoms with Gasteiger partial charge in [0, 0.05) is 22.7 Å². The zero-order chi connectivity index (χ0) is 20.1. The highest BCUT2D eigenvalue weighted by Crippen LogP contribution is 2.36. The monoisotopic (exact) mass is 402 g/mol. The first-order valence-electron chi connectivity index (χ1n) is 9.69. The summed E-state index contributed by atoms with van der Waals surface area (Å²) in [5.74, 6) is -0.0217. The average molecular weight is 403 g/mol. The molecule has 5 heteroatoms. The molecule has 0 spiro atoms. The van der Waals surface area contributed by atoms with Crippen LogP contribution in [-0.4, -0.2) is 11.8 Å². The van der Waals surface area contributed by atoms with Gasteiger partial charge in [-0.1, -0.05) is 48.5 Å². The second-order valence-corrected chi connectivity index (χ2v) is 8.16. The van der Waals surface area contributed by atoms with Crippen molar-refractivity contribution in [3.05, 3.63) is 90.0 Å². The fourth-order valence-electron chi connectivity index (χ4n) is 3.40. The van der Waals surface area contributed by atoms with Crippen LogP contribution in [-0.2, 0) is 16.0 Å². The molecule has 0 fully saturated rings. The number of rotatable bonds is 5. The molecule has 1 heterocycles. The minimum Gasteiger partial charge on any atom is -0.326 e. The number of carbonyl (C=O) groups is 2. The van der Waals surface area contributed by atoms with E-state index in [9.17, 15) is 9.59 Å². The standard InChI is InChI=1S/C24H22N2O2S/c27-22-13-7-10-18-16-19(14-15-21(18)26-22)25-24(28)23(17-8-3-1-4-9-17)29-20-11-5-2-6-12-20/h1-6,8-9,11-12,14-16,23H,7,10,13H2,(H,25,28)(H,26,27). The number of amides is 2. The quantitative estimate of drug-likeness (QED) is 0.559. The minimum absolute atomic E-state index is 0.0453. The van der Waals surface area contributed by atoms with Crippen LogP contribution in [0.3, 0.4) is 0 Å². The maximum Gasteiger partial charge on any atom is 0.242 e. The Bertz CT molecular complexity index is 1010. The molecule has 3 aromatic carbocycles.